The minimum absolute atomic E-state index is 0.243. The monoisotopic (exact) mass is 249 g/mol. The van der Waals surface area contributed by atoms with Crippen LogP contribution in [0, 0.1) is 0 Å². The van der Waals surface area contributed by atoms with E-state index in [9.17, 15) is 9.59 Å². The summed E-state index contributed by atoms with van der Waals surface area (Å²) >= 11 is 0. The number of aromatic nitrogens is 2. The molecule has 96 valence electrons. The van der Waals surface area contributed by atoms with Crippen LogP contribution in [-0.4, -0.2) is 21.5 Å². The number of carbonyl (C=O) groups is 1. The lowest BCUT2D eigenvalue weighted by atomic mass is 10.1. The molecule has 0 atom stereocenters. The Morgan fingerprint density at radius 1 is 1.22 bits per heavy atom. The highest BCUT2D eigenvalue weighted by molar-refractivity contribution is 5.99. The number of aromatic amines is 2. The number of nitrogens with one attached hydrogen (secondary N) is 2. The van der Waals surface area contributed by atoms with Gasteiger partial charge >= 0.3 is 11.7 Å². The number of nitrogens with two attached hydrogens (primary N) is 1. The van der Waals surface area contributed by atoms with Crippen molar-refractivity contribution in [3.63, 3.8) is 0 Å². The first-order valence-corrected chi connectivity index (χ1v) is 5.51. The number of benzene rings is 1. The maximum atomic E-state index is 11.9. The Bertz CT molecular complexity index is 661. The smallest absolute Gasteiger partial charge is 0.340 e. The number of H-pyrrole nitrogens is 2. The lowest BCUT2D eigenvalue weighted by Crippen LogP contribution is -2.24. The predicted octanol–water partition coefficient (Wildman–Crippen LogP) is 1.39. The SMILES string of the molecule is CC(C)(C)OC(=O)c1cc2[nH]c(=O)[nH]c2cc1N. The molecule has 4 N–H and O–H groups in total. The van der Waals surface area contributed by atoms with Crippen molar-refractivity contribution in [3.05, 3.63) is 28.2 Å². The van der Waals surface area contributed by atoms with E-state index < -0.39 is 11.6 Å². The van der Waals surface area contributed by atoms with Crippen LogP contribution in [0.25, 0.3) is 11.0 Å². The molecule has 0 aliphatic carbocycles. The first-order valence-electron chi connectivity index (χ1n) is 5.51. The van der Waals surface area contributed by atoms with E-state index in [1.54, 1.807) is 20.8 Å². The molecule has 6 nitrogen and oxygen atoms in total. The van der Waals surface area contributed by atoms with Crippen LogP contribution < -0.4 is 11.4 Å². The second-order valence-corrected chi connectivity index (χ2v) is 5.07. The van der Waals surface area contributed by atoms with Gasteiger partial charge in [0.05, 0.1) is 16.6 Å². The fraction of sp³-hybridized carbons (Fsp3) is 0.333. The van der Waals surface area contributed by atoms with Crippen LogP contribution in [-0.2, 0) is 4.74 Å². The molecule has 0 saturated heterocycles. The van der Waals surface area contributed by atoms with Crippen molar-refractivity contribution in [2.45, 2.75) is 26.4 Å². The number of nitrogen functional groups attached to an aromatic ring is 1. The molecule has 0 unspecified atom stereocenters. The van der Waals surface area contributed by atoms with Crippen LogP contribution in [0.4, 0.5) is 5.69 Å². The topological polar surface area (TPSA) is 101 Å². The first-order chi connectivity index (χ1) is 8.26. The van der Waals surface area contributed by atoms with Gasteiger partial charge in [-0.1, -0.05) is 0 Å². The summed E-state index contributed by atoms with van der Waals surface area (Å²) < 4.78 is 5.24. The molecule has 6 heteroatoms. The van der Waals surface area contributed by atoms with E-state index in [1.165, 1.54) is 12.1 Å². The van der Waals surface area contributed by atoms with Gasteiger partial charge in [0.2, 0.25) is 0 Å². The number of esters is 1. The Morgan fingerprint density at radius 3 is 2.33 bits per heavy atom. The number of ether oxygens (including phenoxy) is 1. The molecular formula is C12H15N3O3. The molecule has 0 amide bonds. The number of imidazole rings is 1. The third kappa shape index (κ3) is 2.37. The normalized spacial score (nSPS) is 11.7. The predicted molar refractivity (Wildman–Crippen MR) is 68.5 cm³/mol. The Labute approximate surface area is 103 Å². The molecule has 0 aliphatic rings. The van der Waals surface area contributed by atoms with Crippen molar-refractivity contribution in [2.24, 2.45) is 0 Å². The van der Waals surface area contributed by atoms with Crippen LogP contribution in [0.15, 0.2) is 16.9 Å². The van der Waals surface area contributed by atoms with Crippen LogP contribution in [0.1, 0.15) is 31.1 Å². The molecule has 1 aromatic heterocycles. The zero-order chi connectivity index (χ0) is 13.5. The van der Waals surface area contributed by atoms with Gasteiger partial charge in [-0.15, -0.1) is 0 Å². The average Bonchev–Trinajstić information content (AvgIpc) is 2.53. The van der Waals surface area contributed by atoms with Gasteiger partial charge in [0.25, 0.3) is 0 Å². The summed E-state index contributed by atoms with van der Waals surface area (Å²) in [6.45, 7) is 5.33. The summed E-state index contributed by atoms with van der Waals surface area (Å²) in [6, 6.07) is 3.04. The van der Waals surface area contributed by atoms with Crippen molar-refractivity contribution in [1.82, 2.24) is 9.97 Å². The standard InChI is InChI=1S/C12H15N3O3/c1-12(2,3)18-10(16)6-4-8-9(5-7(6)13)15-11(17)14-8/h4-5H,13H2,1-3H3,(H2,14,15,17). The molecule has 0 saturated carbocycles. The molecule has 0 spiro atoms. The fourth-order valence-electron chi connectivity index (χ4n) is 1.61. The van der Waals surface area contributed by atoms with Gasteiger partial charge in [-0.2, -0.15) is 0 Å². The summed E-state index contributed by atoms with van der Waals surface area (Å²) in [5, 5.41) is 0. The lowest BCUT2D eigenvalue weighted by Gasteiger charge is -2.20. The van der Waals surface area contributed by atoms with E-state index in [2.05, 4.69) is 9.97 Å². The number of rotatable bonds is 1. The average molecular weight is 249 g/mol. The van der Waals surface area contributed by atoms with E-state index in [1.807, 2.05) is 0 Å². The van der Waals surface area contributed by atoms with Crippen molar-refractivity contribution >= 4 is 22.7 Å². The molecule has 0 radical (unpaired) electrons. The second-order valence-electron chi connectivity index (χ2n) is 5.07. The summed E-state index contributed by atoms with van der Waals surface area (Å²) in [4.78, 5) is 28.2. The van der Waals surface area contributed by atoms with Crippen LogP contribution in [0.2, 0.25) is 0 Å². The maximum Gasteiger partial charge on any atom is 0.340 e. The third-order valence-electron chi connectivity index (χ3n) is 2.30. The van der Waals surface area contributed by atoms with E-state index in [0.717, 1.165) is 0 Å². The molecule has 2 rings (SSSR count). The van der Waals surface area contributed by atoms with Crippen LogP contribution in [0.3, 0.4) is 0 Å². The highest BCUT2D eigenvalue weighted by Crippen LogP contribution is 2.21. The van der Waals surface area contributed by atoms with Gasteiger partial charge in [0.1, 0.15) is 5.60 Å². The summed E-state index contributed by atoms with van der Waals surface area (Å²) in [5.41, 5.74) is 6.44. The first kappa shape index (κ1) is 12.2. The quantitative estimate of drug-likeness (QED) is 0.525. The van der Waals surface area contributed by atoms with Crippen LogP contribution in [0.5, 0.6) is 0 Å². The summed E-state index contributed by atoms with van der Waals surface area (Å²) in [6.07, 6.45) is 0. The van der Waals surface area contributed by atoms with Gasteiger partial charge in [-0.05, 0) is 32.9 Å². The molecule has 18 heavy (non-hydrogen) atoms. The molecule has 0 fully saturated rings. The van der Waals surface area contributed by atoms with Gasteiger partial charge in [-0.3, -0.25) is 0 Å². The minimum Gasteiger partial charge on any atom is -0.456 e. The van der Waals surface area contributed by atoms with E-state index in [4.69, 9.17) is 10.5 Å². The van der Waals surface area contributed by atoms with E-state index in [0.29, 0.717) is 11.0 Å². The molecule has 1 aromatic carbocycles. The Balaban J connectivity index is 2.47. The van der Waals surface area contributed by atoms with Crippen LogP contribution >= 0.6 is 0 Å². The van der Waals surface area contributed by atoms with Crippen molar-refractivity contribution in [1.29, 1.82) is 0 Å². The van der Waals surface area contributed by atoms with E-state index >= 15 is 0 Å². The van der Waals surface area contributed by atoms with Gasteiger partial charge in [-0.25, -0.2) is 9.59 Å². The van der Waals surface area contributed by atoms with Gasteiger partial charge in [0.15, 0.2) is 0 Å². The molecule has 0 bridgehead atoms. The highest BCUT2D eigenvalue weighted by atomic mass is 16.6. The largest absolute Gasteiger partial charge is 0.456 e. The zero-order valence-corrected chi connectivity index (χ0v) is 10.5. The van der Waals surface area contributed by atoms with Gasteiger partial charge < -0.3 is 20.4 Å². The lowest BCUT2D eigenvalue weighted by molar-refractivity contribution is 0.00710. The Kier molecular flexibility index (Phi) is 2.65. The van der Waals surface area contributed by atoms with Crippen molar-refractivity contribution < 1.29 is 9.53 Å². The number of carbonyl (C=O) groups excluding carboxylic acids is 1. The Morgan fingerprint density at radius 2 is 1.78 bits per heavy atom. The summed E-state index contributed by atoms with van der Waals surface area (Å²) in [7, 11) is 0. The number of hydrogen-bond acceptors (Lipinski definition) is 4. The zero-order valence-electron chi connectivity index (χ0n) is 10.5. The maximum absolute atomic E-state index is 11.9. The second kappa shape index (κ2) is 3.90. The molecule has 0 aliphatic heterocycles. The number of anilines is 1. The molecule has 2 aromatic rings. The van der Waals surface area contributed by atoms with Crippen molar-refractivity contribution in [2.75, 3.05) is 5.73 Å². The minimum atomic E-state index is -0.593. The molecule has 1 heterocycles. The third-order valence-corrected chi connectivity index (χ3v) is 2.30. The summed E-state index contributed by atoms with van der Waals surface area (Å²) in [5.74, 6) is -0.510. The Hall–Kier alpha value is -2.24. The fourth-order valence-corrected chi connectivity index (χ4v) is 1.61. The molecular weight excluding hydrogens is 234 g/mol. The number of fused-ring (bicyclic) bond motifs is 1. The van der Waals surface area contributed by atoms with Gasteiger partial charge in [0, 0.05) is 5.69 Å². The van der Waals surface area contributed by atoms with E-state index in [-0.39, 0.29) is 16.9 Å². The van der Waals surface area contributed by atoms with Crippen molar-refractivity contribution in [3.8, 4) is 0 Å². The highest BCUT2D eigenvalue weighted by Gasteiger charge is 2.20. The number of hydrogen-bond donors (Lipinski definition) is 3.